The Morgan fingerprint density at radius 3 is 2.19 bits per heavy atom. The van der Waals surface area contributed by atoms with Crippen LogP contribution in [0, 0.1) is 11.8 Å². The summed E-state index contributed by atoms with van der Waals surface area (Å²) < 4.78 is 97.3. The van der Waals surface area contributed by atoms with Gasteiger partial charge >= 0.3 is 35.1 Å². The van der Waals surface area contributed by atoms with Gasteiger partial charge in [0.2, 0.25) is 17.5 Å². The van der Waals surface area contributed by atoms with Crippen LogP contribution in [-0.2, 0) is 94.9 Å². The lowest BCUT2D eigenvalue weighted by Crippen LogP contribution is -2.47. The number of aromatic nitrogens is 2. The molecule has 0 radical (unpaired) electrons. The van der Waals surface area contributed by atoms with E-state index in [1.807, 2.05) is 97.1 Å². The molecule has 9 atom stereocenters. The van der Waals surface area contributed by atoms with E-state index in [-0.39, 0.29) is 131 Å². The number of phosphoric ester groups is 3. The topological polar surface area (TPSA) is 416 Å². The monoisotopic (exact) mass is 2020 g/mol. The Balaban J connectivity index is 0.499. The van der Waals surface area contributed by atoms with Crippen molar-refractivity contribution in [2.45, 2.75) is 204 Å². The molecule has 3 amide bonds. The SMILES string of the molecule is CC1(C)C(/C=C/C=C/C=C2/N(CCCOP(=O)(O)OC3CCO[C@@H]3COP(=O)(O)OC3C[C@H](n4cc(/C=C\C(=O)CCCNC(=O)c5ccc(C6=C7C=C8CCCN9CCCC(=C7Oc7c6cc6c%10c7CCCN%10CCC6)C89)c(C(=O)O)c5)c(=O)[nH]c4=O)O[C@@H]3COP(=O)(O)OCCCCCNC(=O)CCC(=O)N3Cc4ccccc4C#Cc4ccccc43)c3ccccc3C2(C)C)=[N+](CCCO)c2ccccc21. The number of piperidine rings is 2. The second kappa shape index (κ2) is 44.5. The van der Waals surface area contributed by atoms with E-state index >= 15 is 0 Å². The maximum absolute atomic E-state index is 14.2. The van der Waals surface area contributed by atoms with E-state index in [0.717, 1.165) is 174 Å². The highest BCUT2D eigenvalue weighted by molar-refractivity contribution is 7.48. The molecule has 4 saturated heterocycles. The standard InChI is InChI=1S/C108H122N9O24P3/c1-107(2)84-34-12-15-37-87(84)114(56-24-58-118)93(107)39-7-5-8-40-94-108(3,4)85-35-13-16-38-88(85)115(94)57-25-60-135-143(129,130)140-89-49-61-133-91(89)68-137-144(131,132)141-90-65-97(138-92(90)69-136-142(127,128)134-59-18-6-17-50-109-95(120)47-48-96(121)116-66-75-28-10-9-26-70(75)41-42-71-27-11-14-36-86(71)116)117-67-76(104(123)111-106(117)126)43-45-77(119)31-19-51-110-103(122)74-44-46-78(81(64-74)105(124)125)98-82-62-72-29-20-52-112-54-22-32-79(99(72)112)101(82)139-102-80-33-23-55-113-53-21-30-73(100(80)113)63-83(98)102/h5,7-16,26-28,34-40,43-46,62-64,67,89-92,97,99,118H,6,17-25,29-33,47-61,65-66,68-69H2,1-4H3,(H6-,109,110,111,120,122,123,124,125,126,127,128,129,130,131,132)/p+1/b45-43-/t89?,90?,91-,92-,97-,99?/m1/s1. The lowest BCUT2D eigenvalue weighted by molar-refractivity contribution is -0.438. The summed E-state index contributed by atoms with van der Waals surface area (Å²) in [7, 11) is -15.2. The number of para-hydroxylation sites is 3. The van der Waals surface area contributed by atoms with Gasteiger partial charge in [-0.15, -0.1) is 0 Å². The number of carbonyl (C=O) groups is 5. The van der Waals surface area contributed by atoms with E-state index in [1.165, 1.54) is 34.0 Å². The summed E-state index contributed by atoms with van der Waals surface area (Å²) in [5.41, 5.74) is 15.7. The Kier molecular flexibility index (Phi) is 31.7. The Morgan fingerprint density at radius 1 is 0.667 bits per heavy atom. The van der Waals surface area contributed by atoms with Crippen LogP contribution in [0.1, 0.15) is 219 Å². The number of carboxylic acid groups (broad SMARTS) is 1. The number of phosphoric acid groups is 3. The minimum absolute atomic E-state index is 0.0103. The third kappa shape index (κ3) is 22.7. The van der Waals surface area contributed by atoms with E-state index in [9.17, 15) is 72.2 Å². The fourth-order valence-corrected chi connectivity index (χ4v) is 24.6. The van der Waals surface area contributed by atoms with Crippen molar-refractivity contribution < 1.29 is 108 Å². The minimum atomic E-state index is -5.31. The smallest absolute Gasteiger partial charge is 0.472 e. The van der Waals surface area contributed by atoms with Crippen LogP contribution in [0.15, 0.2) is 208 Å². The summed E-state index contributed by atoms with van der Waals surface area (Å²) in [4.78, 5) is 140. The Hall–Kier alpha value is -11.5. The molecule has 7 aromatic rings. The maximum Gasteiger partial charge on any atom is 0.472 e. The van der Waals surface area contributed by atoms with Crippen molar-refractivity contribution >= 4 is 93.1 Å². The lowest BCUT2D eigenvalue weighted by atomic mass is 9.74. The van der Waals surface area contributed by atoms with Gasteiger partial charge in [0.05, 0.1) is 61.2 Å². The molecule has 6 aromatic carbocycles. The largest absolute Gasteiger partial charge is 0.478 e. The molecule has 36 heteroatoms. The van der Waals surface area contributed by atoms with Crippen LogP contribution in [0.2, 0.25) is 0 Å². The Morgan fingerprint density at radius 2 is 1.38 bits per heavy atom. The van der Waals surface area contributed by atoms with E-state index in [1.54, 1.807) is 17.0 Å². The van der Waals surface area contributed by atoms with Crippen molar-refractivity contribution in [3.8, 4) is 17.6 Å². The molecule has 144 heavy (non-hydrogen) atoms. The lowest BCUT2D eigenvalue weighted by Gasteiger charge is -2.47. The molecule has 758 valence electrons. The number of aliphatic hydroxyl groups is 1. The predicted molar refractivity (Wildman–Crippen MR) is 542 cm³/mol. The number of anilines is 3. The van der Waals surface area contributed by atoms with Crippen LogP contribution in [0.25, 0.3) is 11.6 Å². The maximum atomic E-state index is 14.2. The summed E-state index contributed by atoms with van der Waals surface area (Å²) in [6.45, 7) is 12.0. The van der Waals surface area contributed by atoms with Crippen molar-refractivity contribution in [3.05, 3.63) is 286 Å². The van der Waals surface area contributed by atoms with Crippen molar-refractivity contribution in [2.75, 3.05) is 107 Å². The average Bonchev–Trinajstić information content (AvgIpc) is 1.18. The first kappa shape index (κ1) is 103. The van der Waals surface area contributed by atoms with Gasteiger partial charge in [0, 0.05) is 170 Å². The number of ether oxygens (including phenoxy) is 3. The van der Waals surface area contributed by atoms with Gasteiger partial charge in [-0.2, -0.15) is 4.58 Å². The molecule has 1 aromatic heterocycles. The number of H-pyrrole nitrogens is 1. The number of allylic oxidation sites excluding steroid dienone is 8. The highest BCUT2D eigenvalue weighted by atomic mass is 31.2. The molecule has 11 aliphatic rings. The Bertz CT molecular complexity index is 6790. The second-order valence-corrected chi connectivity index (χ2v) is 43.3. The fraction of sp³-hybridized carbons (Fsp3) is 0.426. The number of unbranched alkanes of at least 4 members (excludes halogenated alkanes) is 2. The first-order valence-corrected chi connectivity index (χ1v) is 54.4. The van der Waals surface area contributed by atoms with Gasteiger partial charge in [-0.25, -0.2) is 23.3 Å². The molecule has 1 aliphatic carbocycles. The number of amides is 3. The molecule has 0 bridgehead atoms. The van der Waals surface area contributed by atoms with Gasteiger partial charge < -0.3 is 64.4 Å². The van der Waals surface area contributed by atoms with Crippen LogP contribution in [-0.4, -0.2) is 202 Å². The van der Waals surface area contributed by atoms with Gasteiger partial charge in [0.25, 0.3) is 11.5 Å². The average molecular weight is 2020 g/mol. The first-order chi connectivity index (χ1) is 69.4. The summed E-state index contributed by atoms with van der Waals surface area (Å²) in [5, 5.41) is 26.5. The van der Waals surface area contributed by atoms with Crippen molar-refractivity contribution in [1.82, 2.24) is 25.1 Å². The molecule has 4 fully saturated rings. The number of carbonyl (C=O) groups excluding carboxylic acids is 4. The van der Waals surface area contributed by atoms with Gasteiger partial charge in [-0.1, -0.05) is 117 Å². The number of ketones is 1. The molecule has 33 nitrogen and oxygen atoms in total. The number of aryl methyl sites for hydroxylation is 1. The quantitative estimate of drug-likeness (QED) is 0.00440. The number of rotatable bonds is 41. The van der Waals surface area contributed by atoms with E-state index in [2.05, 4.69) is 117 Å². The highest BCUT2D eigenvalue weighted by Gasteiger charge is 2.49. The van der Waals surface area contributed by atoms with E-state index < -0.39 is 108 Å². The van der Waals surface area contributed by atoms with Crippen LogP contribution in [0.5, 0.6) is 5.75 Å². The highest BCUT2D eigenvalue weighted by Crippen LogP contribution is 2.57. The number of aromatic amines is 1. The van der Waals surface area contributed by atoms with Gasteiger partial charge in [0.15, 0.2) is 18.0 Å². The minimum Gasteiger partial charge on any atom is -0.478 e. The summed E-state index contributed by atoms with van der Waals surface area (Å²) >= 11 is 0. The van der Waals surface area contributed by atoms with Gasteiger partial charge in [-0.3, -0.25) is 65.6 Å². The van der Waals surface area contributed by atoms with Crippen LogP contribution in [0.3, 0.4) is 0 Å². The van der Waals surface area contributed by atoms with Crippen molar-refractivity contribution in [3.63, 3.8) is 0 Å². The van der Waals surface area contributed by atoms with E-state index in [0.29, 0.717) is 49.2 Å². The normalized spacial score (nSPS) is 22.1. The molecule has 8 N–H and O–H groups in total. The zero-order valence-corrected chi connectivity index (χ0v) is 83.9. The number of hydrogen-bond acceptors (Lipinski definition) is 23. The first-order valence-electron chi connectivity index (χ1n) is 49.9. The number of nitrogens with one attached hydrogen (secondary N) is 3. The zero-order chi connectivity index (χ0) is 101. The zero-order valence-electron chi connectivity index (χ0n) is 81.3. The molecular weight excluding hydrogens is 1900 g/mol. The molecule has 0 spiro atoms. The summed E-state index contributed by atoms with van der Waals surface area (Å²) in [5.74, 6) is 5.07. The number of nitrogens with zero attached hydrogens (tertiary/aromatic N) is 6. The predicted octanol–water partition coefficient (Wildman–Crippen LogP) is 15.2. The number of aliphatic hydroxyl groups excluding tert-OH is 1. The second-order valence-electron chi connectivity index (χ2n) is 39.0. The van der Waals surface area contributed by atoms with Crippen LogP contribution in [0.4, 0.5) is 22.7 Å². The van der Waals surface area contributed by atoms with Crippen molar-refractivity contribution in [2.24, 2.45) is 0 Å². The molecular formula is C108H123N9O24P3+. The summed E-state index contributed by atoms with van der Waals surface area (Å²) in [6.07, 6.45) is 17.4. The fourth-order valence-electron chi connectivity index (χ4n) is 21.8. The Labute approximate surface area is 835 Å². The van der Waals surface area contributed by atoms with Crippen molar-refractivity contribution in [1.29, 1.82) is 0 Å². The molecule has 11 heterocycles. The van der Waals surface area contributed by atoms with Gasteiger partial charge in [0.1, 0.15) is 42.2 Å². The van der Waals surface area contributed by atoms with Crippen LogP contribution < -0.4 is 41.3 Å². The van der Waals surface area contributed by atoms with E-state index in [4.69, 9.17) is 41.4 Å². The number of benzene rings is 6. The third-order valence-corrected chi connectivity index (χ3v) is 31.9. The molecule has 6 unspecified atom stereocenters. The third-order valence-electron chi connectivity index (χ3n) is 28.8. The number of carboxylic acids is 1. The van der Waals surface area contributed by atoms with Gasteiger partial charge in [-0.05, 0) is 211 Å². The van der Waals surface area contributed by atoms with Crippen LogP contribution >= 0.6 is 23.5 Å². The molecule has 18 rings (SSSR count). The number of hydrogen-bond donors (Lipinski definition) is 8. The number of fused-ring (bicyclic) bond motifs is 7. The molecule has 0 saturated carbocycles. The molecule has 10 aliphatic heterocycles. The summed E-state index contributed by atoms with van der Waals surface area (Å²) in [6, 6.07) is 38.4. The number of aromatic carboxylic acids is 1.